The van der Waals surface area contributed by atoms with Gasteiger partial charge in [0, 0.05) is 31.5 Å². The molecule has 0 amide bonds. The van der Waals surface area contributed by atoms with Gasteiger partial charge in [0.05, 0.1) is 19.8 Å². The third kappa shape index (κ3) is 5.33. The zero-order chi connectivity index (χ0) is 22.9. The molecule has 1 fully saturated rings. The quantitative estimate of drug-likeness (QED) is 0.637. The first-order valence-corrected chi connectivity index (χ1v) is 11.2. The average Bonchev–Trinajstić information content (AvgIpc) is 2.71. The van der Waals surface area contributed by atoms with Gasteiger partial charge in [-0.2, -0.15) is 0 Å². The van der Waals surface area contributed by atoms with Crippen molar-refractivity contribution >= 4 is 5.97 Å². The zero-order valence-electron chi connectivity index (χ0n) is 19.7. The summed E-state index contributed by atoms with van der Waals surface area (Å²) in [6, 6.07) is 3.59. The van der Waals surface area contributed by atoms with Gasteiger partial charge in [-0.15, -0.1) is 0 Å². The van der Waals surface area contributed by atoms with Gasteiger partial charge in [-0.1, -0.05) is 13.8 Å². The minimum absolute atomic E-state index is 0.00690. The molecular weight excluding hydrogens is 396 g/mol. The van der Waals surface area contributed by atoms with Crippen molar-refractivity contribution in [2.24, 2.45) is 17.6 Å². The summed E-state index contributed by atoms with van der Waals surface area (Å²) in [5.74, 6) is 1.12. The summed E-state index contributed by atoms with van der Waals surface area (Å²) in [6.07, 6.45) is 1.84. The Morgan fingerprint density at radius 2 is 1.90 bits per heavy atom. The third-order valence-electron chi connectivity index (χ3n) is 6.58. The average molecular weight is 435 g/mol. The van der Waals surface area contributed by atoms with Gasteiger partial charge >= 0.3 is 5.97 Å². The van der Waals surface area contributed by atoms with Crippen molar-refractivity contribution in [3.63, 3.8) is 0 Å². The number of carbonyl (C=O) groups is 1. The van der Waals surface area contributed by atoms with E-state index in [-0.39, 0.29) is 30.0 Å². The molecule has 2 heterocycles. The number of aliphatic hydroxyl groups is 1. The molecular formula is C24H38N2O5. The molecule has 4 atom stereocenters. The van der Waals surface area contributed by atoms with Crippen LogP contribution in [0.2, 0.25) is 0 Å². The predicted octanol–water partition coefficient (Wildman–Crippen LogP) is 2.68. The summed E-state index contributed by atoms with van der Waals surface area (Å²) in [4.78, 5) is 15.1. The number of methoxy groups -OCH3 is 2. The monoisotopic (exact) mass is 434 g/mol. The van der Waals surface area contributed by atoms with E-state index >= 15 is 0 Å². The Balaban J connectivity index is 1.90. The van der Waals surface area contributed by atoms with Crippen molar-refractivity contribution < 1.29 is 24.1 Å². The molecule has 7 heteroatoms. The van der Waals surface area contributed by atoms with E-state index in [1.54, 1.807) is 28.1 Å². The molecule has 2 aliphatic heterocycles. The van der Waals surface area contributed by atoms with Crippen LogP contribution in [0.4, 0.5) is 0 Å². The summed E-state index contributed by atoms with van der Waals surface area (Å²) in [7, 11) is 3.29. The Morgan fingerprint density at radius 1 is 1.26 bits per heavy atom. The van der Waals surface area contributed by atoms with Crippen molar-refractivity contribution in [2.75, 3.05) is 27.3 Å². The highest BCUT2D eigenvalue weighted by Gasteiger charge is 2.43. The largest absolute Gasteiger partial charge is 0.493 e. The van der Waals surface area contributed by atoms with Crippen LogP contribution in [0, 0.1) is 11.8 Å². The van der Waals surface area contributed by atoms with Crippen LogP contribution in [0.1, 0.15) is 57.7 Å². The molecule has 1 aromatic carbocycles. The lowest BCUT2D eigenvalue weighted by molar-refractivity contribution is -0.161. The van der Waals surface area contributed by atoms with Crippen molar-refractivity contribution in [1.82, 2.24) is 4.90 Å². The molecule has 7 nitrogen and oxygen atoms in total. The van der Waals surface area contributed by atoms with Crippen LogP contribution >= 0.6 is 0 Å². The highest BCUT2D eigenvalue weighted by Crippen LogP contribution is 2.44. The van der Waals surface area contributed by atoms with E-state index in [0.717, 1.165) is 25.3 Å². The molecule has 4 unspecified atom stereocenters. The number of hydrogen-bond donors (Lipinski definition) is 2. The second kappa shape index (κ2) is 9.35. The number of piperidine rings is 1. The lowest BCUT2D eigenvalue weighted by atomic mass is 9.78. The highest BCUT2D eigenvalue weighted by molar-refractivity contribution is 5.76. The molecule has 0 spiro atoms. The summed E-state index contributed by atoms with van der Waals surface area (Å²) >= 11 is 0. The molecule has 174 valence electrons. The van der Waals surface area contributed by atoms with Crippen molar-refractivity contribution in [3.8, 4) is 11.5 Å². The van der Waals surface area contributed by atoms with Crippen LogP contribution in [0.5, 0.6) is 11.5 Å². The topological polar surface area (TPSA) is 94.2 Å². The van der Waals surface area contributed by atoms with Gasteiger partial charge in [0.1, 0.15) is 12.1 Å². The van der Waals surface area contributed by atoms with Gasteiger partial charge in [0.2, 0.25) is 0 Å². The van der Waals surface area contributed by atoms with Crippen LogP contribution < -0.4 is 15.2 Å². The molecule has 0 aliphatic carbocycles. The number of benzene rings is 1. The molecule has 0 radical (unpaired) electrons. The Morgan fingerprint density at radius 3 is 2.48 bits per heavy atom. The normalized spacial score (nSPS) is 24.9. The molecule has 0 aromatic heterocycles. The summed E-state index contributed by atoms with van der Waals surface area (Å²) in [6.45, 7) is 9.12. The maximum atomic E-state index is 12.7. The fraction of sp³-hybridized carbons (Fsp3) is 0.708. The Kier molecular flexibility index (Phi) is 7.18. The number of nitrogens with zero attached hydrogens (tertiary/aromatic N) is 1. The van der Waals surface area contributed by atoms with Crippen LogP contribution in [-0.2, 0) is 16.0 Å². The minimum Gasteiger partial charge on any atom is -0.493 e. The fourth-order valence-electron chi connectivity index (χ4n) is 4.89. The number of nitrogens with two attached hydrogens (primary N) is 1. The molecule has 1 aromatic rings. The molecule has 3 N–H and O–H groups in total. The number of ether oxygens (including phenoxy) is 3. The third-order valence-corrected chi connectivity index (χ3v) is 6.58. The lowest BCUT2D eigenvalue weighted by Crippen LogP contribution is -2.52. The SMILES string of the molecule is COc1cc2c(cc1OC)C1CC(OC(=O)C(N)C(C)C)C(CC(C)(C)O)CN1CC2. The molecule has 31 heavy (non-hydrogen) atoms. The van der Waals surface area contributed by atoms with Gasteiger partial charge in [-0.25, -0.2) is 0 Å². The van der Waals surface area contributed by atoms with Gasteiger partial charge in [0.15, 0.2) is 11.5 Å². The van der Waals surface area contributed by atoms with Crippen LogP contribution in [0.15, 0.2) is 12.1 Å². The maximum absolute atomic E-state index is 12.7. The molecule has 0 bridgehead atoms. The second-order valence-electron chi connectivity index (χ2n) is 9.92. The van der Waals surface area contributed by atoms with E-state index in [0.29, 0.717) is 18.6 Å². The standard InChI is InChI=1S/C24H38N2O5/c1-14(2)22(25)23(27)31-19-11-18-17-10-21(30-6)20(29-5)9-15(17)7-8-26(18)13-16(19)12-24(3,4)28/h9-10,14,16,18-19,22,28H,7-8,11-13,25H2,1-6H3. The Hall–Kier alpha value is -1.83. The van der Waals surface area contributed by atoms with Gasteiger partial charge in [0.25, 0.3) is 0 Å². The number of fused-ring (bicyclic) bond motifs is 3. The highest BCUT2D eigenvalue weighted by atomic mass is 16.5. The second-order valence-corrected chi connectivity index (χ2v) is 9.92. The van der Waals surface area contributed by atoms with Crippen LogP contribution in [0.3, 0.4) is 0 Å². The van der Waals surface area contributed by atoms with Crippen LogP contribution in [0.25, 0.3) is 0 Å². The van der Waals surface area contributed by atoms with Crippen molar-refractivity contribution in [3.05, 3.63) is 23.3 Å². The van der Waals surface area contributed by atoms with Crippen LogP contribution in [-0.4, -0.2) is 61.0 Å². The summed E-state index contributed by atoms with van der Waals surface area (Å²) in [5.41, 5.74) is 7.66. The van der Waals surface area contributed by atoms with E-state index < -0.39 is 11.6 Å². The van der Waals surface area contributed by atoms with E-state index in [1.165, 1.54) is 11.1 Å². The number of esters is 1. The van der Waals surface area contributed by atoms with Gasteiger partial charge in [-0.05, 0) is 55.9 Å². The lowest BCUT2D eigenvalue weighted by Gasteiger charge is -2.48. The number of hydrogen-bond acceptors (Lipinski definition) is 7. The van der Waals surface area contributed by atoms with E-state index in [1.807, 2.05) is 13.8 Å². The first kappa shape index (κ1) is 23.8. The smallest absolute Gasteiger partial charge is 0.323 e. The maximum Gasteiger partial charge on any atom is 0.323 e. The molecule has 1 saturated heterocycles. The van der Waals surface area contributed by atoms with Gasteiger partial charge in [-0.3, -0.25) is 9.69 Å². The van der Waals surface area contributed by atoms with E-state index in [9.17, 15) is 9.90 Å². The molecule has 0 saturated carbocycles. The first-order valence-electron chi connectivity index (χ1n) is 11.2. The summed E-state index contributed by atoms with van der Waals surface area (Å²) in [5, 5.41) is 10.5. The minimum atomic E-state index is -0.841. The zero-order valence-corrected chi connectivity index (χ0v) is 19.7. The number of carbonyl (C=O) groups excluding carboxylic acids is 1. The molecule has 3 rings (SSSR count). The first-order chi connectivity index (χ1) is 14.5. The fourth-order valence-corrected chi connectivity index (χ4v) is 4.89. The van der Waals surface area contributed by atoms with Gasteiger partial charge < -0.3 is 25.1 Å². The van der Waals surface area contributed by atoms with Crippen molar-refractivity contribution in [2.45, 2.75) is 70.7 Å². The van der Waals surface area contributed by atoms with Crippen molar-refractivity contribution in [1.29, 1.82) is 0 Å². The molecule has 2 aliphatic rings. The Bertz CT molecular complexity index is 789. The Labute approximate surface area is 185 Å². The van der Waals surface area contributed by atoms with E-state index in [2.05, 4.69) is 17.0 Å². The number of rotatable bonds is 7. The van der Waals surface area contributed by atoms with E-state index in [4.69, 9.17) is 19.9 Å². The summed E-state index contributed by atoms with van der Waals surface area (Å²) < 4.78 is 17.0. The predicted molar refractivity (Wildman–Crippen MR) is 119 cm³/mol.